The smallest absolute Gasteiger partial charge is 0.319 e. The molecule has 20 heavy (non-hydrogen) atoms. The van der Waals surface area contributed by atoms with Gasteiger partial charge in [0.15, 0.2) is 0 Å². The first-order chi connectivity index (χ1) is 9.54. The van der Waals surface area contributed by atoms with E-state index in [0.717, 1.165) is 18.4 Å². The van der Waals surface area contributed by atoms with Crippen molar-refractivity contribution in [3.8, 4) is 0 Å². The number of benzene rings is 1. The number of nitrogens with one attached hydrogen (secondary N) is 3. The van der Waals surface area contributed by atoms with Gasteiger partial charge in [-0.1, -0.05) is 12.1 Å². The predicted molar refractivity (Wildman–Crippen MR) is 77.2 cm³/mol. The minimum Gasteiger partial charge on any atom is -0.352 e. The molecular weight excluding hydrogens is 256 g/mol. The van der Waals surface area contributed by atoms with Crippen molar-refractivity contribution >= 4 is 17.6 Å². The number of hydrogen-bond acceptors (Lipinski definition) is 3. The molecular formula is C14H20N4O2. The Bertz CT molecular complexity index is 498. The van der Waals surface area contributed by atoms with Gasteiger partial charge in [0.05, 0.1) is 6.54 Å². The fraction of sp³-hybridized carbons (Fsp3) is 0.429. The van der Waals surface area contributed by atoms with Crippen LogP contribution in [0.3, 0.4) is 0 Å². The van der Waals surface area contributed by atoms with Crippen LogP contribution in [0, 0.1) is 0 Å². The Morgan fingerprint density at radius 2 is 2.15 bits per heavy atom. The highest BCUT2D eigenvalue weighted by Gasteiger charge is 2.23. The molecule has 0 radical (unpaired) electrons. The third kappa shape index (κ3) is 4.55. The molecule has 0 spiro atoms. The summed E-state index contributed by atoms with van der Waals surface area (Å²) in [5.74, 6) is -0.160. The second kappa shape index (κ2) is 6.38. The van der Waals surface area contributed by atoms with Crippen molar-refractivity contribution < 1.29 is 9.59 Å². The molecule has 1 aliphatic rings. The van der Waals surface area contributed by atoms with Crippen LogP contribution in [0.5, 0.6) is 0 Å². The largest absolute Gasteiger partial charge is 0.352 e. The van der Waals surface area contributed by atoms with E-state index in [2.05, 4.69) is 16.0 Å². The standard InChI is InChI=1S/C14H20N4O2/c1-9(15)10-3-2-4-12(7-10)18-14(20)16-8-13(19)17-11-5-6-11/h2-4,7,9,11H,5-6,8,15H2,1H3,(H,17,19)(H2,16,18,20). The molecule has 0 aliphatic heterocycles. The lowest BCUT2D eigenvalue weighted by atomic mass is 10.1. The summed E-state index contributed by atoms with van der Waals surface area (Å²) < 4.78 is 0. The van der Waals surface area contributed by atoms with E-state index >= 15 is 0 Å². The molecule has 0 heterocycles. The zero-order valence-electron chi connectivity index (χ0n) is 11.5. The van der Waals surface area contributed by atoms with Crippen LogP contribution in [0.4, 0.5) is 10.5 Å². The molecule has 1 aliphatic carbocycles. The topological polar surface area (TPSA) is 96.2 Å². The maximum Gasteiger partial charge on any atom is 0.319 e. The normalized spacial score (nSPS) is 15.3. The fourth-order valence-electron chi connectivity index (χ4n) is 1.74. The van der Waals surface area contributed by atoms with Crippen LogP contribution in [0.1, 0.15) is 31.4 Å². The van der Waals surface area contributed by atoms with Gasteiger partial charge >= 0.3 is 6.03 Å². The van der Waals surface area contributed by atoms with Gasteiger partial charge in [-0.25, -0.2) is 4.79 Å². The van der Waals surface area contributed by atoms with Gasteiger partial charge in [0, 0.05) is 17.8 Å². The van der Waals surface area contributed by atoms with E-state index in [1.165, 1.54) is 0 Å². The zero-order chi connectivity index (χ0) is 14.5. The summed E-state index contributed by atoms with van der Waals surface area (Å²) in [6.45, 7) is 1.86. The Kier molecular flexibility index (Phi) is 4.57. The summed E-state index contributed by atoms with van der Waals surface area (Å²) in [5.41, 5.74) is 7.37. The van der Waals surface area contributed by atoms with E-state index in [1.54, 1.807) is 6.07 Å². The van der Waals surface area contributed by atoms with Gasteiger partial charge in [-0.05, 0) is 37.5 Å². The highest BCUT2D eigenvalue weighted by Crippen LogP contribution is 2.18. The Hall–Kier alpha value is -2.08. The van der Waals surface area contributed by atoms with Gasteiger partial charge in [-0.2, -0.15) is 0 Å². The summed E-state index contributed by atoms with van der Waals surface area (Å²) in [6, 6.07) is 7.12. The SMILES string of the molecule is CC(N)c1cccc(NC(=O)NCC(=O)NC2CC2)c1. The minimum atomic E-state index is -0.405. The van der Waals surface area contributed by atoms with Crippen LogP contribution in [0.25, 0.3) is 0 Å². The monoisotopic (exact) mass is 276 g/mol. The second-order valence-corrected chi connectivity index (χ2v) is 5.06. The van der Waals surface area contributed by atoms with Gasteiger partial charge in [0.1, 0.15) is 0 Å². The number of nitrogens with two attached hydrogens (primary N) is 1. The maximum absolute atomic E-state index is 11.7. The van der Waals surface area contributed by atoms with Crippen LogP contribution < -0.4 is 21.7 Å². The van der Waals surface area contributed by atoms with E-state index in [0.29, 0.717) is 11.7 Å². The average molecular weight is 276 g/mol. The lowest BCUT2D eigenvalue weighted by molar-refractivity contribution is -0.120. The minimum absolute atomic E-state index is 0.0185. The molecule has 1 unspecified atom stereocenters. The molecule has 1 aromatic rings. The molecule has 1 aromatic carbocycles. The number of rotatable bonds is 5. The number of hydrogen-bond donors (Lipinski definition) is 4. The van der Waals surface area contributed by atoms with Crippen LogP contribution in [-0.2, 0) is 4.79 Å². The zero-order valence-corrected chi connectivity index (χ0v) is 11.5. The van der Waals surface area contributed by atoms with E-state index in [9.17, 15) is 9.59 Å². The van der Waals surface area contributed by atoms with Crippen LogP contribution in [0.2, 0.25) is 0 Å². The first-order valence-corrected chi connectivity index (χ1v) is 6.74. The van der Waals surface area contributed by atoms with Gasteiger partial charge in [0.2, 0.25) is 5.91 Å². The predicted octanol–water partition coefficient (Wildman–Crippen LogP) is 1.11. The van der Waals surface area contributed by atoms with Crippen molar-refractivity contribution in [1.29, 1.82) is 0 Å². The molecule has 6 heteroatoms. The van der Waals surface area contributed by atoms with Gasteiger partial charge in [-0.15, -0.1) is 0 Å². The van der Waals surface area contributed by atoms with Gasteiger partial charge in [0.25, 0.3) is 0 Å². The van der Waals surface area contributed by atoms with E-state index < -0.39 is 6.03 Å². The Labute approximate surface area is 118 Å². The van der Waals surface area contributed by atoms with Crippen molar-refractivity contribution in [2.75, 3.05) is 11.9 Å². The van der Waals surface area contributed by atoms with E-state index in [-0.39, 0.29) is 18.5 Å². The lowest BCUT2D eigenvalue weighted by Crippen LogP contribution is -2.39. The number of amides is 3. The summed E-state index contributed by atoms with van der Waals surface area (Å²) in [4.78, 5) is 23.1. The van der Waals surface area contributed by atoms with Crippen molar-refractivity contribution in [3.63, 3.8) is 0 Å². The Morgan fingerprint density at radius 3 is 2.80 bits per heavy atom. The number of carbonyl (C=O) groups is 2. The molecule has 0 aromatic heterocycles. The molecule has 6 nitrogen and oxygen atoms in total. The van der Waals surface area contributed by atoms with Gasteiger partial charge < -0.3 is 21.7 Å². The highest BCUT2D eigenvalue weighted by molar-refractivity contribution is 5.92. The number of anilines is 1. The summed E-state index contributed by atoms with van der Waals surface area (Å²) in [6.07, 6.45) is 2.06. The second-order valence-electron chi connectivity index (χ2n) is 5.06. The molecule has 2 rings (SSSR count). The average Bonchev–Trinajstić information content (AvgIpc) is 3.20. The first kappa shape index (κ1) is 14.3. The number of carbonyl (C=O) groups excluding carboxylic acids is 2. The molecule has 0 bridgehead atoms. The van der Waals surface area contributed by atoms with Crippen molar-refractivity contribution in [1.82, 2.24) is 10.6 Å². The van der Waals surface area contributed by atoms with E-state index in [1.807, 2.05) is 25.1 Å². The molecule has 1 fully saturated rings. The molecule has 3 amide bonds. The number of urea groups is 1. The molecule has 1 atom stereocenters. The summed E-state index contributed by atoms with van der Waals surface area (Å²) in [7, 11) is 0. The van der Waals surface area contributed by atoms with Crippen LogP contribution >= 0.6 is 0 Å². The Balaban J connectivity index is 1.78. The fourth-order valence-corrected chi connectivity index (χ4v) is 1.74. The van der Waals surface area contributed by atoms with Crippen LogP contribution in [-0.4, -0.2) is 24.5 Å². The first-order valence-electron chi connectivity index (χ1n) is 6.74. The van der Waals surface area contributed by atoms with E-state index in [4.69, 9.17) is 5.73 Å². The van der Waals surface area contributed by atoms with Crippen LogP contribution in [0.15, 0.2) is 24.3 Å². The third-order valence-electron chi connectivity index (χ3n) is 3.02. The van der Waals surface area contributed by atoms with Crippen molar-refractivity contribution in [2.45, 2.75) is 31.8 Å². The summed E-state index contributed by atoms with van der Waals surface area (Å²) >= 11 is 0. The maximum atomic E-state index is 11.7. The van der Waals surface area contributed by atoms with Crippen molar-refractivity contribution in [2.24, 2.45) is 5.73 Å². The van der Waals surface area contributed by atoms with Gasteiger partial charge in [-0.3, -0.25) is 4.79 Å². The molecule has 5 N–H and O–H groups in total. The Morgan fingerprint density at radius 1 is 1.40 bits per heavy atom. The highest BCUT2D eigenvalue weighted by atomic mass is 16.2. The lowest BCUT2D eigenvalue weighted by Gasteiger charge is -2.10. The third-order valence-corrected chi connectivity index (χ3v) is 3.02. The van der Waals surface area contributed by atoms with Crippen molar-refractivity contribution in [3.05, 3.63) is 29.8 Å². The molecule has 0 saturated heterocycles. The molecule has 1 saturated carbocycles. The molecule has 108 valence electrons. The quantitative estimate of drug-likeness (QED) is 0.648. The summed E-state index contributed by atoms with van der Waals surface area (Å²) in [5, 5.41) is 7.99.